The van der Waals surface area contributed by atoms with Crippen molar-refractivity contribution in [3.05, 3.63) is 58.6 Å². The number of nitrogens with zero attached hydrogens (tertiary/aromatic N) is 2. The minimum Gasteiger partial charge on any atom is -0.508 e. The van der Waals surface area contributed by atoms with Gasteiger partial charge in [0.25, 0.3) is 0 Å². The molecular formula is C26H30FN3O5. The van der Waals surface area contributed by atoms with Gasteiger partial charge in [-0.2, -0.15) is 0 Å². The lowest BCUT2D eigenvalue weighted by atomic mass is 10.0. The molecular weight excluding hydrogens is 453 g/mol. The van der Waals surface area contributed by atoms with E-state index < -0.39 is 17.4 Å². The maximum atomic E-state index is 15.3. The second-order valence-electron chi connectivity index (χ2n) is 8.51. The quantitative estimate of drug-likeness (QED) is 0.511. The molecule has 2 N–H and O–H groups in total. The second-order valence-corrected chi connectivity index (χ2v) is 8.51. The van der Waals surface area contributed by atoms with Crippen molar-refractivity contribution in [2.24, 2.45) is 0 Å². The Balaban J connectivity index is 2.01. The normalized spacial score (nSPS) is 15.2. The van der Waals surface area contributed by atoms with E-state index in [0.717, 1.165) is 6.42 Å². The Labute approximate surface area is 202 Å². The molecule has 3 aromatic rings. The number of morpholine rings is 1. The fourth-order valence-electron chi connectivity index (χ4n) is 4.34. The molecule has 0 bridgehead atoms. The van der Waals surface area contributed by atoms with Gasteiger partial charge < -0.3 is 24.5 Å². The van der Waals surface area contributed by atoms with Crippen LogP contribution in [-0.2, 0) is 9.53 Å². The van der Waals surface area contributed by atoms with Crippen LogP contribution in [0, 0.1) is 5.82 Å². The summed E-state index contributed by atoms with van der Waals surface area (Å²) in [7, 11) is 0. The number of carbonyl (C=O) groups excluding carboxylic acids is 1. The van der Waals surface area contributed by atoms with Gasteiger partial charge in [0.15, 0.2) is 5.43 Å². The molecule has 9 heteroatoms. The number of ether oxygens (including phenoxy) is 2. The first-order valence-corrected chi connectivity index (χ1v) is 11.8. The lowest BCUT2D eigenvalue weighted by Crippen LogP contribution is -2.46. The number of hydrogen-bond donors (Lipinski definition) is 2. The van der Waals surface area contributed by atoms with Gasteiger partial charge in [0, 0.05) is 31.8 Å². The highest BCUT2D eigenvalue weighted by atomic mass is 19.1. The van der Waals surface area contributed by atoms with Crippen LogP contribution in [0.15, 0.2) is 47.4 Å². The van der Waals surface area contributed by atoms with E-state index in [0.29, 0.717) is 49.7 Å². The first-order valence-electron chi connectivity index (χ1n) is 11.8. The zero-order valence-corrected chi connectivity index (χ0v) is 19.9. The molecule has 1 aromatic heterocycles. The molecule has 1 unspecified atom stereocenters. The molecule has 1 amide bonds. The molecule has 2 heterocycles. The molecule has 1 atom stereocenters. The molecule has 1 aliphatic heterocycles. The number of benzene rings is 2. The van der Waals surface area contributed by atoms with Crippen LogP contribution in [-0.4, -0.2) is 59.9 Å². The third-order valence-corrected chi connectivity index (χ3v) is 6.05. The summed E-state index contributed by atoms with van der Waals surface area (Å²) in [6, 6.07) is 8.99. The van der Waals surface area contributed by atoms with Gasteiger partial charge in [0.05, 0.1) is 37.3 Å². The number of phenols is 1. The Bertz CT molecular complexity index is 1250. The molecule has 1 saturated heterocycles. The van der Waals surface area contributed by atoms with Crippen LogP contribution in [0.25, 0.3) is 22.0 Å². The van der Waals surface area contributed by atoms with E-state index >= 15 is 4.39 Å². The minimum atomic E-state index is -0.650. The average molecular weight is 484 g/mol. The summed E-state index contributed by atoms with van der Waals surface area (Å²) in [5.74, 6) is -0.378. The van der Waals surface area contributed by atoms with Crippen molar-refractivity contribution in [2.75, 3.05) is 39.5 Å². The molecule has 0 saturated carbocycles. The molecule has 1 fully saturated rings. The molecule has 8 nitrogen and oxygen atoms in total. The third kappa shape index (κ3) is 5.31. The van der Waals surface area contributed by atoms with E-state index in [-0.39, 0.29) is 29.2 Å². The largest absolute Gasteiger partial charge is 0.508 e. The Morgan fingerprint density at radius 2 is 1.91 bits per heavy atom. The highest BCUT2D eigenvalue weighted by Crippen LogP contribution is 2.33. The van der Waals surface area contributed by atoms with Gasteiger partial charge in [0.2, 0.25) is 5.91 Å². The number of hydrogen-bond acceptors (Lipinski definition) is 6. The molecule has 4 rings (SSSR count). The first kappa shape index (κ1) is 24.7. The Kier molecular flexibility index (Phi) is 7.67. The zero-order valence-electron chi connectivity index (χ0n) is 19.9. The van der Waals surface area contributed by atoms with Crippen LogP contribution in [0.2, 0.25) is 0 Å². The number of aromatic nitrogens is 1. The Morgan fingerprint density at radius 1 is 1.20 bits per heavy atom. The van der Waals surface area contributed by atoms with Gasteiger partial charge in [0.1, 0.15) is 23.5 Å². The minimum absolute atomic E-state index is 0.0631. The van der Waals surface area contributed by atoms with Crippen LogP contribution >= 0.6 is 0 Å². The summed E-state index contributed by atoms with van der Waals surface area (Å²) in [5, 5.41) is 12.5. The first-order chi connectivity index (χ1) is 16.9. The number of halogens is 1. The maximum Gasteiger partial charge on any atom is 0.216 e. The standard InChI is InChI=1S/C26H30FN3O5/c1-3-12-35-22-9-8-21(27)24-25(22)30(16-20(26(24)33)18-4-6-19(32)7-5-18)23(15-28-17(2)31)29-10-13-34-14-11-29/h4-9,16,23,32H,3,10-15H2,1-2H3,(H,28,31). The van der Waals surface area contributed by atoms with E-state index in [1.807, 2.05) is 11.5 Å². The summed E-state index contributed by atoms with van der Waals surface area (Å²) >= 11 is 0. The van der Waals surface area contributed by atoms with Gasteiger partial charge in [-0.1, -0.05) is 19.1 Å². The molecule has 0 spiro atoms. The van der Waals surface area contributed by atoms with Crippen molar-refractivity contribution in [2.45, 2.75) is 26.4 Å². The van der Waals surface area contributed by atoms with Crippen molar-refractivity contribution < 1.29 is 23.8 Å². The van der Waals surface area contributed by atoms with Crippen molar-refractivity contribution in [1.82, 2.24) is 14.8 Å². The monoisotopic (exact) mass is 483 g/mol. The summed E-state index contributed by atoms with van der Waals surface area (Å²) < 4.78 is 28.6. The second kappa shape index (κ2) is 10.9. The molecule has 0 aliphatic carbocycles. The van der Waals surface area contributed by atoms with Crippen molar-refractivity contribution in [1.29, 1.82) is 0 Å². The van der Waals surface area contributed by atoms with E-state index in [2.05, 4.69) is 10.2 Å². The predicted molar refractivity (Wildman–Crippen MR) is 131 cm³/mol. The number of carbonyl (C=O) groups is 1. The van der Waals surface area contributed by atoms with Gasteiger partial charge in [-0.15, -0.1) is 0 Å². The summed E-state index contributed by atoms with van der Waals surface area (Å²) in [5.41, 5.74) is 0.697. The maximum absolute atomic E-state index is 15.3. The smallest absolute Gasteiger partial charge is 0.216 e. The number of pyridine rings is 1. The lowest BCUT2D eigenvalue weighted by Gasteiger charge is -2.37. The summed E-state index contributed by atoms with van der Waals surface area (Å²) in [6.07, 6.45) is 2.01. The number of fused-ring (bicyclic) bond motifs is 1. The predicted octanol–water partition coefficient (Wildman–Crippen LogP) is 3.27. The van der Waals surface area contributed by atoms with E-state index in [9.17, 15) is 14.7 Å². The van der Waals surface area contributed by atoms with Gasteiger partial charge in [-0.25, -0.2) is 4.39 Å². The SMILES string of the molecule is CCCOc1ccc(F)c2c(=O)c(-c3ccc(O)cc3)cn(C(CNC(C)=O)N3CCOCC3)c12. The van der Waals surface area contributed by atoms with Crippen LogP contribution in [0.5, 0.6) is 11.5 Å². The number of nitrogens with one attached hydrogen (secondary N) is 1. The van der Waals surface area contributed by atoms with Gasteiger partial charge in [-0.05, 0) is 36.2 Å². The molecule has 35 heavy (non-hydrogen) atoms. The number of amides is 1. The molecule has 0 radical (unpaired) electrons. The molecule has 2 aromatic carbocycles. The summed E-state index contributed by atoms with van der Waals surface area (Å²) in [6.45, 7) is 6.31. The Hall–Kier alpha value is -3.43. The van der Waals surface area contributed by atoms with E-state index in [1.165, 1.54) is 31.2 Å². The van der Waals surface area contributed by atoms with Crippen LogP contribution in [0.1, 0.15) is 26.4 Å². The summed E-state index contributed by atoms with van der Waals surface area (Å²) in [4.78, 5) is 27.6. The zero-order chi connectivity index (χ0) is 24.9. The van der Waals surface area contributed by atoms with Crippen LogP contribution in [0.4, 0.5) is 4.39 Å². The lowest BCUT2D eigenvalue weighted by molar-refractivity contribution is -0.119. The van der Waals surface area contributed by atoms with E-state index in [4.69, 9.17) is 9.47 Å². The number of aromatic hydroxyl groups is 1. The van der Waals surface area contributed by atoms with Gasteiger partial charge in [-0.3, -0.25) is 14.5 Å². The highest BCUT2D eigenvalue weighted by Gasteiger charge is 2.27. The van der Waals surface area contributed by atoms with Crippen LogP contribution < -0.4 is 15.5 Å². The molecule has 186 valence electrons. The molecule has 1 aliphatic rings. The fraction of sp³-hybridized carbons (Fsp3) is 0.385. The number of phenolic OH excluding ortho intramolecular Hbond substituents is 1. The highest BCUT2D eigenvalue weighted by molar-refractivity contribution is 5.89. The fourth-order valence-corrected chi connectivity index (χ4v) is 4.34. The van der Waals surface area contributed by atoms with E-state index in [1.54, 1.807) is 18.3 Å². The van der Waals surface area contributed by atoms with Crippen LogP contribution in [0.3, 0.4) is 0 Å². The van der Waals surface area contributed by atoms with Crippen molar-refractivity contribution >= 4 is 16.8 Å². The average Bonchev–Trinajstić information content (AvgIpc) is 2.86. The third-order valence-electron chi connectivity index (χ3n) is 6.05. The topological polar surface area (TPSA) is 93.0 Å². The Morgan fingerprint density at radius 3 is 2.57 bits per heavy atom. The number of rotatable bonds is 8. The van der Waals surface area contributed by atoms with Gasteiger partial charge >= 0.3 is 0 Å². The van der Waals surface area contributed by atoms with Crippen molar-refractivity contribution in [3.63, 3.8) is 0 Å². The van der Waals surface area contributed by atoms with Crippen molar-refractivity contribution in [3.8, 4) is 22.6 Å².